The fraction of sp³-hybridized carbons (Fsp3) is 0.529. The van der Waals surface area contributed by atoms with E-state index in [0.29, 0.717) is 11.4 Å². The molecule has 1 aromatic heterocycles. The van der Waals surface area contributed by atoms with Gasteiger partial charge in [-0.2, -0.15) is 0 Å². The van der Waals surface area contributed by atoms with Crippen LogP contribution in [0.2, 0.25) is 0 Å². The molecule has 7 heteroatoms. The fourth-order valence-electron chi connectivity index (χ4n) is 2.97. The molecule has 1 amide bonds. The van der Waals surface area contributed by atoms with Crippen molar-refractivity contribution in [1.29, 1.82) is 0 Å². The third kappa shape index (κ3) is 3.31. The molecular formula is C17H24N6O. The van der Waals surface area contributed by atoms with E-state index in [1.807, 2.05) is 43.0 Å². The van der Waals surface area contributed by atoms with E-state index in [9.17, 15) is 4.79 Å². The van der Waals surface area contributed by atoms with Gasteiger partial charge >= 0.3 is 0 Å². The normalized spacial score (nSPS) is 15.9. The van der Waals surface area contributed by atoms with Crippen LogP contribution < -0.4 is 0 Å². The van der Waals surface area contributed by atoms with Crippen LogP contribution in [0.5, 0.6) is 0 Å². The topological polar surface area (TPSA) is 67.2 Å². The predicted molar refractivity (Wildman–Crippen MR) is 91.7 cm³/mol. The van der Waals surface area contributed by atoms with E-state index >= 15 is 0 Å². The molecule has 1 saturated heterocycles. The zero-order valence-electron chi connectivity index (χ0n) is 14.5. The summed E-state index contributed by atoms with van der Waals surface area (Å²) in [4.78, 5) is 17.1. The molecular weight excluding hydrogens is 304 g/mol. The van der Waals surface area contributed by atoms with Crippen LogP contribution in [0.3, 0.4) is 0 Å². The molecule has 1 fully saturated rings. The molecule has 0 atom stereocenters. The molecule has 0 aliphatic carbocycles. The second kappa shape index (κ2) is 7.09. The summed E-state index contributed by atoms with van der Waals surface area (Å²) in [5.41, 5.74) is 1.56. The maximum Gasteiger partial charge on any atom is 0.253 e. The Morgan fingerprint density at radius 3 is 2.62 bits per heavy atom. The SMILES string of the molecule is CCN1CCN(C(=O)c2cccc(-c3nnnn3C(C)C)c2)CC1. The largest absolute Gasteiger partial charge is 0.336 e. The number of carbonyl (C=O) groups excluding carboxylic acids is 1. The maximum absolute atomic E-state index is 12.8. The minimum atomic E-state index is 0.0798. The van der Waals surface area contributed by atoms with E-state index in [1.54, 1.807) is 4.68 Å². The minimum absolute atomic E-state index is 0.0798. The van der Waals surface area contributed by atoms with Crippen LogP contribution in [-0.4, -0.2) is 68.6 Å². The summed E-state index contributed by atoms with van der Waals surface area (Å²) in [7, 11) is 0. The second-order valence-corrected chi connectivity index (χ2v) is 6.35. The molecule has 24 heavy (non-hydrogen) atoms. The van der Waals surface area contributed by atoms with E-state index in [-0.39, 0.29) is 11.9 Å². The molecule has 1 aliphatic heterocycles. The van der Waals surface area contributed by atoms with E-state index in [4.69, 9.17) is 0 Å². The van der Waals surface area contributed by atoms with E-state index in [0.717, 1.165) is 38.3 Å². The Hall–Kier alpha value is -2.28. The first kappa shape index (κ1) is 16.6. The smallest absolute Gasteiger partial charge is 0.253 e. The average Bonchev–Trinajstić information content (AvgIpc) is 3.11. The lowest BCUT2D eigenvalue weighted by Crippen LogP contribution is -2.48. The van der Waals surface area contributed by atoms with Gasteiger partial charge in [-0.25, -0.2) is 4.68 Å². The summed E-state index contributed by atoms with van der Waals surface area (Å²) in [5.74, 6) is 0.770. The average molecular weight is 328 g/mol. The second-order valence-electron chi connectivity index (χ2n) is 6.35. The fourth-order valence-corrected chi connectivity index (χ4v) is 2.97. The van der Waals surface area contributed by atoms with Crippen molar-refractivity contribution in [3.05, 3.63) is 29.8 Å². The van der Waals surface area contributed by atoms with E-state index in [1.165, 1.54) is 0 Å². The molecule has 2 heterocycles. The third-order valence-electron chi connectivity index (χ3n) is 4.46. The van der Waals surface area contributed by atoms with Gasteiger partial charge in [-0.3, -0.25) is 4.79 Å². The van der Waals surface area contributed by atoms with Crippen molar-refractivity contribution in [2.24, 2.45) is 0 Å². The summed E-state index contributed by atoms with van der Waals surface area (Å²) < 4.78 is 1.77. The van der Waals surface area contributed by atoms with Crippen LogP contribution in [0.1, 0.15) is 37.2 Å². The molecule has 0 spiro atoms. The summed E-state index contributed by atoms with van der Waals surface area (Å²) in [5, 5.41) is 11.9. The highest BCUT2D eigenvalue weighted by molar-refractivity contribution is 5.95. The number of amides is 1. The lowest BCUT2D eigenvalue weighted by Gasteiger charge is -2.34. The molecule has 0 N–H and O–H groups in total. The predicted octanol–water partition coefficient (Wildman–Crippen LogP) is 1.70. The molecule has 0 bridgehead atoms. The van der Waals surface area contributed by atoms with Crippen molar-refractivity contribution in [2.45, 2.75) is 26.8 Å². The number of hydrogen-bond donors (Lipinski definition) is 0. The van der Waals surface area contributed by atoms with Gasteiger partial charge in [0.2, 0.25) is 0 Å². The Morgan fingerprint density at radius 1 is 1.21 bits per heavy atom. The molecule has 2 aromatic rings. The summed E-state index contributed by atoms with van der Waals surface area (Å²) in [6.45, 7) is 10.7. The van der Waals surface area contributed by atoms with E-state index in [2.05, 4.69) is 27.3 Å². The van der Waals surface area contributed by atoms with Gasteiger partial charge in [-0.15, -0.1) is 5.10 Å². The van der Waals surface area contributed by atoms with Gasteiger partial charge < -0.3 is 9.80 Å². The van der Waals surface area contributed by atoms with Crippen molar-refractivity contribution in [2.75, 3.05) is 32.7 Å². The van der Waals surface area contributed by atoms with Crippen LogP contribution in [0, 0.1) is 0 Å². The molecule has 3 rings (SSSR count). The van der Waals surface area contributed by atoms with Crippen LogP contribution in [-0.2, 0) is 0 Å². The zero-order chi connectivity index (χ0) is 17.1. The summed E-state index contributed by atoms with van der Waals surface area (Å²) in [6.07, 6.45) is 0. The van der Waals surface area contributed by atoms with Gasteiger partial charge in [0.15, 0.2) is 5.82 Å². The summed E-state index contributed by atoms with van der Waals surface area (Å²) in [6, 6.07) is 7.75. The number of hydrogen-bond acceptors (Lipinski definition) is 5. The number of aromatic nitrogens is 4. The molecule has 1 aliphatic rings. The zero-order valence-corrected chi connectivity index (χ0v) is 14.5. The number of carbonyl (C=O) groups is 1. The number of piperazine rings is 1. The minimum Gasteiger partial charge on any atom is -0.336 e. The van der Waals surface area contributed by atoms with Gasteiger partial charge in [0.05, 0.1) is 6.04 Å². The molecule has 7 nitrogen and oxygen atoms in total. The van der Waals surface area contributed by atoms with Crippen LogP contribution in [0.15, 0.2) is 24.3 Å². The Bertz CT molecular complexity index is 703. The van der Waals surface area contributed by atoms with Gasteiger partial charge in [-0.1, -0.05) is 19.1 Å². The van der Waals surface area contributed by atoms with Crippen molar-refractivity contribution >= 4 is 5.91 Å². The monoisotopic (exact) mass is 328 g/mol. The highest BCUT2D eigenvalue weighted by Gasteiger charge is 2.22. The number of nitrogens with zero attached hydrogens (tertiary/aromatic N) is 6. The molecule has 128 valence electrons. The first-order valence-electron chi connectivity index (χ1n) is 8.50. The Balaban J connectivity index is 1.80. The van der Waals surface area contributed by atoms with Crippen molar-refractivity contribution in [3.63, 3.8) is 0 Å². The van der Waals surface area contributed by atoms with E-state index < -0.39 is 0 Å². The molecule has 1 aromatic carbocycles. The highest BCUT2D eigenvalue weighted by Crippen LogP contribution is 2.21. The Kier molecular flexibility index (Phi) is 4.89. The maximum atomic E-state index is 12.8. The summed E-state index contributed by atoms with van der Waals surface area (Å²) >= 11 is 0. The van der Waals surface area contributed by atoms with Crippen LogP contribution >= 0.6 is 0 Å². The molecule has 0 unspecified atom stereocenters. The standard InChI is InChI=1S/C17H24N6O/c1-4-21-8-10-22(11-9-21)17(24)15-7-5-6-14(12-15)16-18-19-20-23(16)13(2)3/h5-7,12-13H,4,8-11H2,1-3H3. The number of tetrazole rings is 1. The first-order valence-corrected chi connectivity index (χ1v) is 8.50. The first-order chi connectivity index (χ1) is 11.6. The quantitative estimate of drug-likeness (QED) is 0.854. The number of likely N-dealkylation sites (N-methyl/N-ethyl adjacent to an activating group) is 1. The van der Waals surface area contributed by atoms with Crippen molar-refractivity contribution in [3.8, 4) is 11.4 Å². The Labute approximate surface area is 142 Å². The third-order valence-corrected chi connectivity index (χ3v) is 4.46. The molecule has 0 saturated carbocycles. The Morgan fingerprint density at radius 2 is 1.96 bits per heavy atom. The molecule has 0 radical (unpaired) electrons. The lowest BCUT2D eigenvalue weighted by molar-refractivity contribution is 0.0643. The van der Waals surface area contributed by atoms with Crippen LogP contribution in [0.4, 0.5) is 0 Å². The highest BCUT2D eigenvalue weighted by atomic mass is 16.2. The van der Waals surface area contributed by atoms with Crippen molar-refractivity contribution < 1.29 is 4.79 Å². The lowest BCUT2D eigenvalue weighted by atomic mass is 10.1. The van der Waals surface area contributed by atoms with Crippen LogP contribution in [0.25, 0.3) is 11.4 Å². The number of benzene rings is 1. The van der Waals surface area contributed by atoms with Gasteiger partial charge in [0.25, 0.3) is 5.91 Å². The van der Waals surface area contributed by atoms with Crippen molar-refractivity contribution in [1.82, 2.24) is 30.0 Å². The van der Waals surface area contributed by atoms with Gasteiger partial charge in [0, 0.05) is 37.3 Å². The van der Waals surface area contributed by atoms with Gasteiger partial charge in [-0.05, 0) is 43.0 Å². The number of rotatable bonds is 4. The van der Waals surface area contributed by atoms with Gasteiger partial charge in [0.1, 0.15) is 0 Å².